The van der Waals surface area contributed by atoms with E-state index >= 15 is 0 Å². The highest BCUT2D eigenvalue weighted by Gasteiger charge is 2.22. The summed E-state index contributed by atoms with van der Waals surface area (Å²) in [5.41, 5.74) is 3.08. The van der Waals surface area contributed by atoms with Gasteiger partial charge in [0.05, 0.1) is 18.4 Å². The Labute approximate surface area is 173 Å². The molecule has 0 spiro atoms. The highest BCUT2D eigenvalue weighted by atomic mass is 16.5. The Morgan fingerprint density at radius 1 is 1.00 bits per heavy atom. The zero-order chi connectivity index (χ0) is 20.2. The Bertz CT molecular complexity index is 864. The average molecular weight is 395 g/mol. The molecule has 2 aromatic rings. The number of carbonyl (C=O) groups excluding carboxylic acids is 1. The van der Waals surface area contributed by atoms with Crippen LogP contribution < -0.4 is 9.64 Å². The maximum absolute atomic E-state index is 12.8. The number of aryl methyl sites for hydroxylation is 1. The van der Waals surface area contributed by atoms with Crippen LogP contribution in [0, 0.1) is 0 Å². The lowest BCUT2D eigenvalue weighted by Gasteiger charge is -2.36. The van der Waals surface area contributed by atoms with E-state index in [4.69, 9.17) is 4.74 Å². The van der Waals surface area contributed by atoms with E-state index in [1.165, 1.54) is 5.69 Å². The van der Waals surface area contributed by atoms with Crippen LogP contribution >= 0.6 is 0 Å². The monoisotopic (exact) mass is 394 g/mol. The molecule has 29 heavy (non-hydrogen) atoms. The van der Waals surface area contributed by atoms with Crippen molar-refractivity contribution in [3.8, 4) is 5.75 Å². The molecule has 154 valence electrons. The molecule has 6 heteroatoms. The minimum absolute atomic E-state index is 0.148. The number of aromatic nitrogens is 1. The van der Waals surface area contributed by atoms with Crippen LogP contribution in [0.4, 0.5) is 5.69 Å². The van der Waals surface area contributed by atoms with E-state index in [0.29, 0.717) is 6.54 Å². The van der Waals surface area contributed by atoms with Crippen LogP contribution in [0.3, 0.4) is 0 Å². The van der Waals surface area contributed by atoms with Crippen molar-refractivity contribution in [1.29, 1.82) is 0 Å². The van der Waals surface area contributed by atoms with Crippen molar-refractivity contribution in [2.75, 3.05) is 57.8 Å². The van der Waals surface area contributed by atoms with Crippen LogP contribution in [0.1, 0.15) is 22.5 Å². The summed E-state index contributed by atoms with van der Waals surface area (Å²) in [6.45, 7) is 6.71. The zero-order valence-corrected chi connectivity index (χ0v) is 17.4. The third-order valence-corrected chi connectivity index (χ3v) is 5.95. The quantitative estimate of drug-likeness (QED) is 0.756. The number of fused-ring (bicyclic) bond motifs is 1. The molecule has 2 aliphatic heterocycles. The normalized spacial score (nSPS) is 17.4. The van der Waals surface area contributed by atoms with Crippen LogP contribution in [0.5, 0.6) is 5.75 Å². The van der Waals surface area contributed by atoms with Gasteiger partial charge in [-0.15, -0.1) is 0 Å². The van der Waals surface area contributed by atoms with Gasteiger partial charge >= 0.3 is 0 Å². The molecule has 1 fully saturated rings. The summed E-state index contributed by atoms with van der Waals surface area (Å²) in [4.78, 5) is 19.7. The van der Waals surface area contributed by atoms with E-state index in [-0.39, 0.29) is 5.91 Å². The smallest absolute Gasteiger partial charge is 0.256 e. The number of benzene rings is 1. The second kappa shape index (κ2) is 8.74. The molecule has 4 rings (SSSR count). The Kier molecular flexibility index (Phi) is 5.90. The van der Waals surface area contributed by atoms with Crippen molar-refractivity contribution < 1.29 is 9.53 Å². The molecule has 0 unspecified atom stereocenters. The van der Waals surface area contributed by atoms with Gasteiger partial charge < -0.3 is 19.1 Å². The van der Waals surface area contributed by atoms with Gasteiger partial charge in [-0.3, -0.25) is 9.69 Å². The summed E-state index contributed by atoms with van der Waals surface area (Å²) in [5.74, 6) is 1.04. The number of ether oxygens (including phenoxy) is 1. The standard InChI is InChI=1S/C23H30N4O2/c1-24-14-10-21-22(24)5-3-12-27(23(21)28)13-4-11-25-15-17-26(18-16-25)19-6-8-20(29-2)9-7-19/h3,5-10,14H,4,11-13,15-18H2,1-2H3. The van der Waals surface area contributed by atoms with Gasteiger partial charge in [-0.1, -0.05) is 6.08 Å². The summed E-state index contributed by atoms with van der Waals surface area (Å²) in [6, 6.07) is 10.2. The first-order valence-corrected chi connectivity index (χ1v) is 10.4. The molecular weight excluding hydrogens is 364 g/mol. The minimum atomic E-state index is 0.148. The fourth-order valence-corrected chi connectivity index (χ4v) is 4.18. The number of carbonyl (C=O) groups is 1. The van der Waals surface area contributed by atoms with Gasteiger partial charge in [-0.2, -0.15) is 0 Å². The lowest BCUT2D eigenvalue weighted by molar-refractivity contribution is 0.0768. The minimum Gasteiger partial charge on any atom is -0.497 e. The number of hydrogen-bond acceptors (Lipinski definition) is 4. The number of hydrogen-bond donors (Lipinski definition) is 0. The number of anilines is 1. The van der Waals surface area contributed by atoms with Crippen LogP contribution in [-0.2, 0) is 7.05 Å². The van der Waals surface area contributed by atoms with Crippen molar-refractivity contribution >= 4 is 17.7 Å². The second-order valence-electron chi connectivity index (χ2n) is 7.76. The molecule has 0 aliphatic carbocycles. The molecule has 0 N–H and O–H groups in total. The molecule has 0 bridgehead atoms. The fourth-order valence-electron chi connectivity index (χ4n) is 4.18. The first-order valence-electron chi connectivity index (χ1n) is 10.4. The van der Waals surface area contributed by atoms with Crippen molar-refractivity contribution in [3.05, 3.63) is 53.9 Å². The van der Waals surface area contributed by atoms with Crippen molar-refractivity contribution in [3.63, 3.8) is 0 Å². The largest absolute Gasteiger partial charge is 0.497 e. The molecule has 1 saturated heterocycles. The predicted octanol–water partition coefficient (Wildman–Crippen LogP) is 2.72. The van der Waals surface area contributed by atoms with E-state index in [0.717, 1.165) is 62.7 Å². The number of piperazine rings is 1. The number of nitrogens with zero attached hydrogens (tertiary/aromatic N) is 4. The van der Waals surface area contributed by atoms with Gasteiger partial charge in [0.15, 0.2) is 0 Å². The highest BCUT2D eigenvalue weighted by molar-refractivity contribution is 5.98. The second-order valence-corrected chi connectivity index (χ2v) is 7.76. The summed E-state index contributed by atoms with van der Waals surface area (Å²) in [7, 11) is 3.68. The van der Waals surface area contributed by atoms with E-state index in [1.807, 2.05) is 40.9 Å². The fraction of sp³-hybridized carbons (Fsp3) is 0.435. The van der Waals surface area contributed by atoms with Crippen LogP contribution in [0.2, 0.25) is 0 Å². The van der Waals surface area contributed by atoms with E-state index in [1.54, 1.807) is 7.11 Å². The van der Waals surface area contributed by atoms with Crippen LogP contribution in [0.15, 0.2) is 42.6 Å². The zero-order valence-electron chi connectivity index (χ0n) is 17.4. The summed E-state index contributed by atoms with van der Waals surface area (Å²) in [6.07, 6.45) is 7.12. The van der Waals surface area contributed by atoms with Gasteiger partial charge in [0, 0.05) is 58.2 Å². The van der Waals surface area contributed by atoms with Crippen molar-refractivity contribution in [2.45, 2.75) is 6.42 Å². The first-order chi connectivity index (χ1) is 14.2. The molecule has 6 nitrogen and oxygen atoms in total. The number of methoxy groups -OCH3 is 1. The van der Waals surface area contributed by atoms with Gasteiger partial charge in [-0.25, -0.2) is 0 Å². The van der Waals surface area contributed by atoms with E-state index in [9.17, 15) is 4.79 Å². The predicted molar refractivity (Wildman–Crippen MR) is 117 cm³/mol. The lowest BCUT2D eigenvalue weighted by atomic mass is 10.2. The molecule has 0 atom stereocenters. The third-order valence-electron chi connectivity index (χ3n) is 5.95. The number of amides is 1. The molecule has 0 radical (unpaired) electrons. The van der Waals surface area contributed by atoms with E-state index < -0.39 is 0 Å². The van der Waals surface area contributed by atoms with Crippen molar-refractivity contribution in [1.82, 2.24) is 14.4 Å². The summed E-state index contributed by atoms with van der Waals surface area (Å²) in [5, 5.41) is 0. The Morgan fingerprint density at radius 2 is 1.76 bits per heavy atom. The van der Waals surface area contributed by atoms with Crippen molar-refractivity contribution in [2.24, 2.45) is 7.05 Å². The maximum Gasteiger partial charge on any atom is 0.256 e. The molecule has 3 heterocycles. The van der Waals surface area contributed by atoms with E-state index in [2.05, 4.69) is 34.1 Å². The molecule has 1 aromatic carbocycles. The first kappa shape index (κ1) is 19.6. The van der Waals surface area contributed by atoms with Gasteiger partial charge in [0.2, 0.25) is 0 Å². The average Bonchev–Trinajstić information content (AvgIpc) is 3.05. The summed E-state index contributed by atoms with van der Waals surface area (Å²) >= 11 is 0. The van der Waals surface area contributed by atoms with Gasteiger partial charge in [-0.05, 0) is 49.4 Å². The van der Waals surface area contributed by atoms with Gasteiger partial charge in [0.1, 0.15) is 5.75 Å². The van der Waals surface area contributed by atoms with Gasteiger partial charge in [0.25, 0.3) is 5.91 Å². The molecule has 0 saturated carbocycles. The molecule has 1 aromatic heterocycles. The summed E-state index contributed by atoms with van der Waals surface area (Å²) < 4.78 is 7.25. The van der Waals surface area contributed by atoms with Crippen LogP contribution in [0.25, 0.3) is 6.08 Å². The SMILES string of the molecule is COc1ccc(N2CCN(CCCN3CC=Cc4c(ccn4C)C3=O)CC2)cc1. The third kappa shape index (κ3) is 4.32. The molecule has 2 aliphatic rings. The topological polar surface area (TPSA) is 41.0 Å². The Morgan fingerprint density at radius 3 is 2.48 bits per heavy atom. The Balaban J connectivity index is 1.24. The molecule has 1 amide bonds. The maximum atomic E-state index is 12.8. The Hall–Kier alpha value is -2.73. The van der Waals surface area contributed by atoms with Crippen LogP contribution in [-0.4, -0.2) is 73.2 Å². The highest BCUT2D eigenvalue weighted by Crippen LogP contribution is 2.21. The lowest BCUT2D eigenvalue weighted by Crippen LogP contribution is -2.47. The number of rotatable bonds is 6. The molecular formula is C23H30N4O2.